The molecule has 104 valence electrons. The van der Waals surface area contributed by atoms with Gasteiger partial charge < -0.3 is 9.47 Å². The number of hydrogen-bond acceptors (Lipinski definition) is 4. The zero-order chi connectivity index (χ0) is 14.6. The molecule has 4 nitrogen and oxygen atoms in total. The summed E-state index contributed by atoms with van der Waals surface area (Å²) in [6.45, 7) is 12.5. The Labute approximate surface area is 109 Å². The van der Waals surface area contributed by atoms with E-state index >= 15 is 0 Å². The van der Waals surface area contributed by atoms with Crippen LogP contribution in [-0.4, -0.2) is 23.1 Å². The van der Waals surface area contributed by atoms with E-state index in [1.165, 1.54) is 6.08 Å². The minimum Gasteiger partial charge on any atom is -0.460 e. The summed E-state index contributed by atoms with van der Waals surface area (Å²) in [5.74, 6) is -0.789. The van der Waals surface area contributed by atoms with Gasteiger partial charge in [0.1, 0.15) is 11.2 Å². The average Bonchev–Trinajstić information content (AvgIpc) is 1.92. The van der Waals surface area contributed by atoms with Gasteiger partial charge in [0.2, 0.25) is 0 Å². The Hall–Kier alpha value is -1.32. The Morgan fingerprint density at radius 3 is 1.78 bits per heavy atom. The molecule has 0 amide bonds. The predicted molar refractivity (Wildman–Crippen MR) is 70.1 cm³/mol. The fourth-order valence-electron chi connectivity index (χ4n) is 1.19. The predicted octanol–water partition coefficient (Wildman–Crippen LogP) is 3.01. The average molecular weight is 256 g/mol. The summed E-state index contributed by atoms with van der Waals surface area (Å²) in [6.07, 6.45) is 1.42. The van der Waals surface area contributed by atoms with Gasteiger partial charge in [0.05, 0.1) is 6.42 Å². The maximum Gasteiger partial charge on any atom is 0.331 e. The van der Waals surface area contributed by atoms with Crippen molar-refractivity contribution in [2.45, 2.75) is 66.1 Å². The van der Waals surface area contributed by atoms with E-state index in [1.54, 1.807) is 48.5 Å². The first-order valence-electron chi connectivity index (χ1n) is 6.01. The van der Waals surface area contributed by atoms with Gasteiger partial charge in [-0.15, -0.1) is 0 Å². The Bertz CT molecular complexity index is 340. The van der Waals surface area contributed by atoms with E-state index in [0.29, 0.717) is 5.57 Å². The highest BCUT2D eigenvalue weighted by Gasteiger charge is 2.18. The van der Waals surface area contributed by atoms with E-state index in [2.05, 4.69) is 0 Å². The third kappa shape index (κ3) is 9.87. The van der Waals surface area contributed by atoms with Gasteiger partial charge in [-0.1, -0.05) is 5.57 Å². The number of carbonyl (C=O) groups is 2. The van der Waals surface area contributed by atoms with Crippen molar-refractivity contribution in [1.82, 2.24) is 0 Å². The standard InChI is InChI=1S/C14H24O4/c1-10(8-11(15)17-13(2,3)4)9-12(16)18-14(5,6)7/h8H,9H2,1-7H3. The van der Waals surface area contributed by atoms with Crippen LogP contribution < -0.4 is 0 Å². The van der Waals surface area contributed by atoms with Gasteiger partial charge in [0.25, 0.3) is 0 Å². The zero-order valence-corrected chi connectivity index (χ0v) is 12.4. The number of carbonyl (C=O) groups excluding carboxylic acids is 2. The van der Waals surface area contributed by atoms with Gasteiger partial charge in [0, 0.05) is 6.08 Å². The Morgan fingerprint density at radius 1 is 0.944 bits per heavy atom. The Morgan fingerprint density at radius 2 is 1.39 bits per heavy atom. The lowest BCUT2D eigenvalue weighted by Crippen LogP contribution is -2.24. The molecule has 18 heavy (non-hydrogen) atoms. The summed E-state index contributed by atoms with van der Waals surface area (Å²) < 4.78 is 10.3. The minimum absolute atomic E-state index is 0.0938. The summed E-state index contributed by atoms with van der Waals surface area (Å²) in [5, 5.41) is 0. The number of esters is 2. The van der Waals surface area contributed by atoms with Crippen LogP contribution in [0.3, 0.4) is 0 Å². The topological polar surface area (TPSA) is 52.6 Å². The lowest BCUT2D eigenvalue weighted by molar-refractivity contribution is -0.153. The molecule has 0 rings (SSSR count). The highest BCUT2D eigenvalue weighted by molar-refractivity contribution is 5.84. The molecular formula is C14H24O4. The molecule has 0 radical (unpaired) electrons. The molecule has 0 aromatic rings. The highest BCUT2D eigenvalue weighted by atomic mass is 16.6. The number of rotatable bonds is 3. The smallest absolute Gasteiger partial charge is 0.331 e. The number of ether oxygens (including phenoxy) is 2. The quantitative estimate of drug-likeness (QED) is 0.575. The first-order valence-corrected chi connectivity index (χ1v) is 6.01. The van der Waals surface area contributed by atoms with Crippen LogP contribution in [0.15, 0.2) is 11.6 Å². The third-order valence-corrected chi connectivity index (χ3v) is 1.61. The molecule has 0 aliphatic heterocycles. The number of hydrogen-bond donors (Lipinski definition) is 0. The van der Waals surface area contributed by atoms with Crippen molar-refractivity contribution in [3.8, 4) is 0 Å². The molecule has 0 aliphatic rings. The van der Waals surface area contributed by atoms with Crippen LogP contribution in [0.2, 0.25) is 0 Å². The van der Waals surface area contributed by atoms with Crippen molar-refractivity contribution >= 4 is 11.9 Å². The van der Waals surface area contributed by atoms with E-state index in [9.17, 15) is 9.59 Å². The van der Waals surface area contributed by atoms with E-state index in [0.717, 1.165) is 0 Å². The van der Waals surface area contributed by atoms with Crippen molar-refractivity contribution < 1.29 is 19.1 Å². The van der Waals surface area contributed by atoms with E-state index in [4.69, 9.17) is 9.47 Å². The van der Waals surface area contributed by atoms with Crippen molar-refractivity contribution in [1.29, 1.82) is 0 Å². The molecule has 0 heterocycles. The van der Waals surface area contributed by atoms with Gasteiger partial charge in [0.15, 0.2) is 0 Å². The van der Waals surface area contributed by atoms with Crippen LogP contribution in [0, 0.1) is 0 Å². The van der Waals surface area contributed by atoms with Gasteiger partial charge >= 0.3 is 11.9 Å². The maximum atomic E-state index is 11.5. The summed E-state index contributed by atoms with van der Waals surface area (Å²) in [5.41, 5.74) is -0.415. The normalized spacial score (nSPS) is 13.2. The van der Waals surface area contributed by atoms with Gasteiger partial charge in [-0.05, 0) is 48.5 Å². The van der Waals surface area contributed by atoms with Crippen LogP contribution in [-0.2, 0) is 19.1 Å². The fourth-order valence-corrected chi connectivity index (χ4v) is 1.19. The van der Waals surface area contributed by atoms with Crippen molar-refractivity contribution in [3.05, 3.63) is 11.6 Å². The highest BCUT2D eigenvalue weighted by Crippen LogP contribution is 2.12. The van der Waals surface area contributed by atoms with Crippen molar-refractivity contribution in [2.75, 3.05) is 0 Å². The summed E-state index contributed by atoms with van der Waals surface area (Å²) in [6, 6.07) is 0. The molecule has 0 bridgehead atoms. The van der Waals surface area contributed by atoms with Crippen LogP contribution in [0.4, 0.5) is 0 Å². The molecule has 0 unspecified atom stereocenters. The SMILES string of the molecule is CC(=CC(=O)OC(C)(C)C)CC(=O)OC(C)(C)C. The molecule has 0 N–H and O–H groups in total. The molecule has 0 aliphatic carbocycles. The summed E-state index contributed by atoms with van der Waals surface area (Å²) in [4.78, 5) is 23.0. The lowest BCUT2D eigenvalue weighted by Gasteiger charge is -2.20. The second kappa shape index (κ2) is 6.03. The minimum atomic E-state index is -0.528. The van der Waals surface area contributed by atoms with E-state index in [-0.39, 0.29) is 12.4 Å². The molecule has 0 aromatic carbocycles. The molecule has 4 heteroatoms. The van der Waals surface area contributed by atoms with E-state index < -0.39 is 17.2 Å². The molecule has 0 fully saturated rings. The summed E-state index contributed by atoms with van der Waals surface area (Å²) in [7, 11) is 0. The van der Waals surface area contributed by atoms with Crippen LogP contribution in [0.5, 0.6) is 0 Å². The summed E-state index contributed by atoms with van der Waals surface area (Å²) >= 11 is 0. The fraction of sp³-hybridized carbons (Fsp3) is 0.714. The van der Waals surface area contributed by atoms with Gasteiger partial charge in [-0.3, -0.25) is 4.79 Å². The molecule has 0 saturated heterocycles. The third-order valence-electron chi connectivity index (χ3n) is 1.61. The van der Waals surface area contributed by atoms with Crippen LogP contribution >= 0.6 is 0 Å². The van der Waals surface area contributed by atoms with Crippen LogP contribution in [0.1, 0.15) is 54.9 Å². The monoisotopic (exact) mass is 256 g/mol. The zero-order valence-electron chi connectivity index (χ0n) is 12.4. The second-order valence-electron chi connectivity index (χ2n) is 6.29. The molecule has 0 aromatic heterocycles. The van der Waals surface area contributed by atoms with Gasteiger partial charge in [-0.25, -0.2) is 4.79 Å². The lowest BCUT2D eigenvalue weighted by atomic mass is 10.1. The first-order chi connectivity index (χ1) is 7.89. The van der Waals surface area contributed by atoms with Gasteiger partial charge in [-0.2, -0.15) is 0 Å². The maximum absolute atomic E-state index is 11.5. The molecule has 0 saturated carbocycles. The molecule has 0 spiro atoms. The molecule has 0 atom stereocenters. The second-order valence-corrected chi connectivity index (χ2v) is 6.29. The Kier molecular flexibility index (Phi) is 5.58. The Balaban J connectivity index is 4.36. The molecular weight excluding hydrogens is 232 g/mol. The van der Waals surface area contributed by atoms with Crippen molar-refractivity contribution in [2.24, 2.45) is 0 Å². The van der Waals surface area contributed by atoms with Crippen molar-refractivity contribution in [3.63, 3.8) is 0 Å². The van der Waals surface area contributed by atoms with E-state index in [1.807, 2.05) is 0 Å². The first kappa shape index (κ1) is 16.7. The largest absolute Gasteiger partial charge is 0.460 e. The van der Waals surface area contributed by atoms with Crippen LogP contribution in [0.25, 0.3) is 0 Å².